The second-order valence-corrected chi connectivity index (χ2v) is 12.9. The maximum absolute atomic E-state index is 12.7. The van der Waals surface area contributed by atoms with Gasteiger partial charge in [-0.05, 0) is 104 Å². The molecule has 0 amide bonds. The van der Waals surface area contributed by atoms with Crippen molar-refractivity contribution in [2.45, 2.75) is 90.6 Å². The Hall–Kier alpha value is -2.33. The van der Waals surface area contributed by atoms with Crippen molar-refractivity contribution in [3.8, 4) is 5.75 Å². The van der Waals surface area contributed by atoms with Gasteiger partial charge in [-0.15, -0.1) is 0 Å². The van der Waals surface area contributed by atoms with E-state index in [1.54, 1.807) is 6.08 Å². The van der Waals surface area contributed by atoms with Gasteiger partial charge in [0.25, 0.3) is 0 Å². The van der Waals surface area contributed by atoms with Crippen LogP contribution in [0.2, 0.25) is 0 Å². The van der Waals surface area contributed by atoms with Gasteiger partial charge in [0, 0.05) is 22.6 Å². The molecule has 0 aromatic heterocycles. The predicted octanol–water partition coefficient (Wildman–Crippen LogP) is 7.29. The number of ether oxygens (including phenoxy) is 1. The molecule has 0 atom stereocenters. The van der Waals surface area contributed by atoms with E-state index in [9.17, 15) is 4.79 Å². The average molecular weight is 500 g/mol. The lowest BCUT2D eigenvalue weighted by molar-refractivity contribution is -0.138. The van der Waals surface area contributed by atoms with Gasteiger partial charge in [0.05, 0.1) is 0 Å². The van der Waals surface area contributed by atoms with Gasteiger partial charge in [-0.25, -0.2) is 4.79 Å². The van der Waals surface area contributed by atoms with E-state index in [2.05, 4.69) is 45.1 Å². The highest BCUT2D eigenvalue weighted by Crippen LogP contribution is 2.63. The van der Waals surface area contributed by atoms with E-state index in [0.29, 0.717) is 0 Å². The van der Waals surface area contributed by atoms with Crippen LogP contribution in [0.15, 0.2) is 36.4 Å². The van der Waals surface area contributed by atoms with Crippen molar-refractivity contribution in [1.29, 1.82) is 0 Å². The molecule has 4 heteroatoms. The van der Waals surface area contributed by atoms with E-state index in [1.165, 1.54) is 61.3 Å². The lowest BCUT2D eigenvalue weighted by atomic mass is 9.47. The first-order valence-corrected chi connectivity index (χ1v) is 13.9. The van der Waals surface area contributed by atoms with E-state index in [-0.39, 0.29) is 23.4 Å². The van der Waals surface area contributed by atoms with Crippen LogP contribution in [0.25, 0.3) is 6.08 Å². The highest BCUT2D eigenvalue weighted by atomic mass is 28.2. The van der Waals surface area contributed by atoms with Crippen molar-refractivity contribution in [3.05, 3.63) is 69.8 Å². The molecular formula is C32H39O3Si. The maximum atomic E-state index is 12.7. The topological polar surface area (TPSA) is 35.5 Å². The second-order valence-electron chi connectivity index (χ2n) is 12.7. The van der Waals surface area contributed by atoms with E-state index >= 15 is 0 Å². The number of esters is 1. The van der Waals surface area contributed by atoms with Gasteiger partial charge in [0.1, 0.15) is 12.4 Å². The van der Waals surface area contributed by atoms with Crippen LogP contribution in [0.3, 0.4) is 0 Å². The number of hydrogen-bond donors (Lipinski definition) is 0. The lowest BCUT2D eigenvalue weighted by Crippen LogP contribution is -2.49. The Kier molecular flexibility index (Phi) is 6.69. The SMILES string of the molecule is Cc1c(C)c(C(C)(C)C)c(C23CC4CC(CC(C4)C2)C3)c(O[Si])c1COC(=O)C=Cc1ccccc1. The van der Waals surface area contributed by atoms with Crippen LogP contribution in [-0.4, -0.2) is 16.5 Å². The zero-order chi connectivity index (χ0) is 25.7. The van der Waals surface area contributed by atoms with Gasteiger partial charge in [-0.1, -0.05) is 51.1 Å². The summed E-state index contributed by atoms with van der Waals surface area (Å²) in [6.45, 7) is 11.6. The molecule has 6 rings (SSSR count). The molecule has 0 aliphatic heterocycles. The number of hydrogen-bond acceptors (Lipinski definition) is 3. The molecule has 3 nitrogen and oxygen atoms in total. The molecule has 0 unspecified atom stereocenters. The van der Waals surface area contributed by atoms with Crippen LogP contribution in [-0.2, 0) is 27.0 Å². The van der Waals surface area contributed by atoms with Crippen LogP contribution >= 0.6 is 0 Å². The fraction of sp³-hybridized carbons (Fsp3) is 0.531. The molecule has 0 saturated heterocycles. The number of carbonyl (C=O) groups is 1. The van der Waals surface area contributed by atoms with E-state index < -0.39 is 0 Å². The zero-order valence-corrected chi connectivity index (χ0v) is 23.4. The largest absolute Gasteiger partial charge is 0.540 e. The van der Waals surface area contributed by atoms with Crippen molar-refractivity contribution in [2.75, 3.05) is 0 Å². The third-order valence-electron chi connectivity index (χ3n) is 9.13. The molecule has 36 heavy (non-hydrogen) atoms. The van der Waals surface area contributed by atoms with E-state index in [4.69, 9.17) is 9.16 Å². The first kappa shape index (κ1) is 25.3. The molecule has 4 aliphatic carbocycles. The summed E-state index contributed by atoms with van der Waals surface area (Å²) in [5.41, 5.74) is 7.39. The summed E-state index contributed by atoms with van der Waals surface area (Å²) >= 11 is 0. The predicted molar refractivity (Wildman–Crippen MR) is 146 cm³/mol. The van der Waals surface area contributed by atoms with Gasteiger partial charge in [-0.3, -0.25) is 0 Å². The monoisotopic (exact) mass is 499 g/mol. The first-order chi connectivity index (χ1) is 17.1. The molecular weight excluding hydrogens is 460 g/mol. The summed E-state index contributed by atoms with van der Waals surface area (Å²) in [6.07, 6.45) is 11.3. The van der Waals surface area contributed by atoms with Crippen LogP contribution in [0.4, 0.5) is 0 Å². The smallest absolute Gasteiger partial charge is 0.341 e. The minimum absolute atomic E-state index is 0.0133. The van der Waals surface area contributed by atoms with Gasteiger partial charge in [0.15, 0.2) is 0 Å². The molecule has 2 aromatic carbocycles. The standard InChI is InChI=1S/C32H39O3Si/c1-20-21(2)28(31(3,4)5)29(32-16-23-13-24(17-32)15-25(14-23)18-32)30(35-36)26(20)19-34-27(33)12-11-22-9-7-6-8-10-22/h6-12,23-25H,13-19H2,1-5H3. The van der Waals surface area contributed by atoms with Crippen LogP contribution in [0.5, 0.6) is 5.75 Å². The minimum Gasteiger partial charge on any atom is -0.540 e. The second kappa shape index (κ2) is 9.52. The zero-order valence-electron chi connectivity index (χ0n) is 22.4. The summed E-state index contributed by atoms with van der Waals surface area (Å²) in [5.74, 6) is 3.04. The number of carbonyl (C=O) groups excluding carboxylic acids is 1. The van der Waals surface area contributed by atoms with Crippen molar-refractivity contribution in [3.63, 3.8) is 0 Å². The normalized spacial score (nSPS) is 27.0. The third kappa shape index (κ3) is 4.58. The quantitative estimate of drug-likeness (QED) is 0.238. The Bertz CT molecular complexity index is 1140. The van der Waals surface area contributed by atoms with Gasteiger partial charge >= 0.3 is 16.5 Å². The van der Waals surface area contributed by atoms with Crippen molar-refractivity contribution in [1.82, 2.24) is 0 Å². The number of rotatable bonds is 6. The van der Waals surface area contributed by atoms with Crippen molar-refractivity contribution in [2.24, 2.45) is 17.8 Å². The Morgan fingerprint density at radius 2 is 1.58 bits per heavy atom. The van der Waals surface area contributed by atoms with Crippen LogP contribution < -0.4 is 4.43 Å². The molecule has 4 fully saturated rings. The Balaban J connectivity index is 1.54. The third-order valence-corrected chi connectivity index (χ3v) is 9.34. The lowest BCUT2D eigenvalue weighted by Gasteiger charge is -2.58. The van der Waals surface area contributed by atoms with Gasteiger partial charge in [0.2, 0.25) is 0 Å². The number of benzene rings is 2. The fourth-order valence-corrected chi connectivity index (χ4v) is 8.33. The summed E-state index contributed by atoms with van der Waals surface area (Å²) in [5, 5.41) is 0. The van der Waals surface area contributed by atoms with Crippen molar-refractivity contribution < 1.29 is 14.0 Å². The summed E-state index contributed by atoms with van der Waals surface area (Å²) in [7, 11) is 3.47. The Morgan fingerprint density at radius 1 is 1.00 bits per heavy atom. The molecule has 0 spiro atoms. The van der Waals surface area contributed by atoms with Crippen LogP contribution in [0, 0.1) is 31.6 Å². The molecule has 2 aromatic rings. The fourth-order valence-electron chi connectivity index (χ4n) is 8.10. The summed E-state index contributed by atoms with van der Waals surface area (Å²) in [4.78, 5) is 12.7. The van der Waals surface area contributed by atoms with Gasteiger partial charge < -0.3 is 9.16 Å². The molecule has 3 radical (unpaired) electrons. The van der Waals surface area contributed by atoms with E-state index in [1.807, 2.05) is 30.3 Å². The first-order valence-electron chi connectivity index (χ1n) is 13.5. The summed E-state index contributed by atoms with van der Waals surface area (Å²) < 4.78 is 11.9. The highest BCUT2D eigenvalue weighted by Gasteiger charge is 2.54. The molecule has 0 N–H and O–H groups in total. The molecule has 4 aliphatic rings. The molecule has 0 heterocycles. The molecule has 4 saturated carbocycles. The Morgan fingerprint density at radius 3 is 2.11 bits per heavy atom. The average Bonchev–Trinajstić information content (AvgIpc) is 2.82. The molecule has 4 bridgehead atoms. The maximum Gasteiger partial charge on any atom is 0.341 e. The van der Waals surface area contributed by atoms with Crippen LogP contribution in [0.1, 0.15) is 92.7 Å². The van der Waals surface area contributed by atoms with Crippen molar-refractivity contribution >= 4 is 22.5 Å². The molecule has 189 valence electrons. The van der Waals surface area contributed by atoms with E-state index in [0.717, 1.165) is 40.2 Å². The highest BCUT2D eigenvalue weighted by molar-refractivity contribution is 6.00. The minimum atomic E-state index is -0.341. The Labute approximate surface area is 220 Å². The summed E-state index contributed by atoms with van der Waals surface area (Å²) in [6, 6.07) is 9.82. The van der Waals surface area contributed by atoms with Gasteiger partial charge in [-0.2, -0.15) is 0 Å².